The fourth-order valence-electron chi connectivity index (χ4n) is 1.94. The number of benzene rings is 1. The van der Waals surface area contributed by atoms with Crippen LogP contribution in [0, 0.1) is 21.4 Å². The van der Waals surface area contributed by atoms with Gasteiger partial charge in [-0.1, -0.05) is 6.07 Å². The molecule has 6 heteroatoms. The minimum atomic E-state index is -0.507. The molecule has 0 heterocycles. The van der Waals surface area contributed by atoms with Crippen molar-refractivity contribution in [3.8, 4) is 6.07 Å². The average molecular weight is 290 g/mol. The van der Waals surface area contributed by atoms with E-state index in [2.05, 4.69) is 31.1 Å². The zero-order valence-corrected chi connectivity index (χ0v) is 12.8. The Morgan fingerprint density at radius 3 is 2.71 bits per heavy atom. The molecule has 0 unspecified atom stereocenters. The van der Waals surface area contributed by atoms with E-state index in [1.807, 2.05) is 6.07 Å². The first kappa shape index (κ1) is 16.9. The Kier molecular flexibility index (Phi) is 6.63. The molecule has 1 rings (SSSR count). The lowest BCUT2D eigenvalue weighted by molar-refractivity contribution is -0.384. The fraction of sp³-hybridized carbons (Fsp3) is 0.533. The van der Waals surface area contributed by atoms with Gasteiger partial charge < -0.3 is 10.2 Å². The van der Waals surface area contributed by atoms with Gasteiger partial charge in [0, 0.05) is 12.6 Å². The van der Waals surface area contributed by atoms with Gasteiger partial charge in [0.2, 0.25) is 0 Å². The Balaban J connectivity index is 2.53. The third kappa shape index (κ3) is 5.04. The van der Waals surface area contributed by atoms with Crippen LogP contribution in [0.1, 0.15) is 32.3 Å². The molecule has 0 bridgehead atoms. The number of nitriles is 1. The van der Waals surface area contributed by atoms with E-state index in [0.29, 0.717) is 18.3 Å². The Morgan fingerprint density at radius 1 is 1.43 bits per heavy atom. The van der Waals surface area contributed by atoms with Crippen molar-refractivity contribution in [1.29, 1.82) is 5.26 Å². The van der Waals surface area contributed by atoms with Gasteiger partial charge >= 0.3 is 5.69 Å². The molecule has 0 amide bonds. The van der Waals surface area contributed by atoms with E-state index < -0.39 is 4.92 Å². The van der Waals surface area contributed by atoms with E-state index in [4.69, 9.17) is 5.26 Å². The van der Waals surface area contributed by atoms with Crippen molar-refractivity contribution in [1.82, 2.24) is 4.90 Å². The molecule has 114 valence electrons. The number of rotatable bonds is 8. The van der Waals surface area contributed by atoms with E-state index in [9.17, 15) is 10.1 Å². The van der Waals surface area contributed by atoms with Gasteiger partial charge in [0.15, 0.2) is 0 Å². The summed E-state index contributed by atoms with van der Waals surface area (Å²) in [7, 11) is 2.08. The van der Waals surface area contributed by atoms with Gasteiger partial charge in [-0.2, -0.15) is 5.26 Å². The first-order valence-electron chi connectivity index (χ1n) is 7.09. The first-order chi connectivity index (χ1) is 9.97. The minimum Gasteiger partial charge on any atom is -0.379 e. The van der Waals surface area contributed by atoms with Gasteiger partial charge in [0.05, 0.1) is 4.92 Å². The standard InChI is InChI=1S/C15H22N4O2/c1-12(2)18(3)10-5-4-9-17-14-8-6-7-13(11-16)15(14)19(20)21/h6-8,12,17H,4-5,9-10H2,1-3H3. The quantitative estimate of drug-likeness (QED) is 0.452. The zero-order chi connectivity index (χ0) is 15.8. The smallest absolute Gasteiger partial charge is 0.309 e. The lowest BCUT2D eigenvalue weighted by atomic mass is 10.1. The summed E-state index contributed by atoms with van der Waals surface area (Å²) >= 11 is 0. The molecule has 1 aromatic carbocycles. The Hall–Kier alpha value is -2.13. The third-order valence-electron chi connectivity index (χ3n) is 3.47. The molecular formula is C15H22N4O2. The molecular weight excluding hydrogens is 268 g/mol. The molecule has 0 saturated heterocycles. The van der Waals surface area contributed by atoms with Gasteiger partial charge in [-0.15, -0.1) is 0 Å². The molecule has 0 fully saturated rings. The van der Waals surface area contributed by atoms with Crippen molar-refractivity contribution in [2.75, 3.05) is 25.5 Å². The highest BCUT2D eigenvalue weighted by molar-refractivity contribution is 5.68. The van der Waals surface area contributed by atoms with E-state index in [1.165, 1.54) is 6.07 Å². The average Bonchev–Trinajstić information content (AvgIpc) is 2.45. The molecule has 0 saturated carbocycles. The Morgan fingerprint density at radius 2 is 2.14 bits per heavy atom. The third-order valence-corrected chi connectivity index (χ3v) is 3.47. The summed E-state index contributed by atoms with van der Waals surface area (Å²) in [5.41, 5.74) is 0.361. The number of nitro benzene ring substituents is 1. The summed E-state index contributed by atoms with van der Waals surface area (Å²) in [6, 6.07) is 7.13. The predicted molar refractivity (Wildman–Crippen MR) is 83.3 cm³/mol. The van der Waals surface area contributed by atoms with Crippen molar-refractivity contribution in [2.45, 2.75) is 32.7 Å². The summed E-state index contributed by atoms with van der Waals surface area (Å²) in [5, 5.41) is 23.1. The fourth-order valence-corrected chi connectivity index (χ4v) is 1.94. The summed E-state index contributed by atoms with van der Waals surface area (Å²) in [6.45, 7) is 5.95. The lowest BCUT2D eigenvalue weighted by Gasteiger charge is -2.20. The van der Waals surface area contributed by atoms with Crippen LogP contribution in [0.3, 0.4) is 0 Å². The van der Waals surface area contributed by atoms with Crippen molar-refractivity contribution in [3.05, 3.63) is 33.9 Å². The van der Waals surface area contributed by atoms with Crippen LogP contribution in [-0.2, 0) is 0 Å². The molecule has 0 spiro atoms. The van der Waals surface area contributed by atoms with E-state index in [-0.39, 0.29) is 11.3 Å². The number of unbranched alkanes of at least 4 members (excludes halogenated alkanes) is 1. The lowest BCUT2D eigenvalue weighted by Crippen LogP contribution is -2.27. The summed E-state index contributed by atoms with van der Waals surface area (Å²) < 4.78 is 0. The maximum Gasteiger partial charge on any atom is 0.309 e. The highest BCUT2D eigenvalue weighted by Crippen LogP contribution is 2.27. The number of hydrogen-bond donors (Lipinski definition) is 1. The highest BCUT2D eigenvalue weighted by Gasteiger charge is 2.18. The number of nitrogens with zero attached hydrogens (tertiary/aromatic N) is 3. The van der Waals surface area contributed by atoms with Crippen molar-refractivity contribution in [3.63, 3.8) is 0 Å². The summed E-state index contributed by atoms with van der Waals surface area (Å²) in [4.78, 5) is 12.8. The van der Waals surface area contributed by atoms with E-state index in [0.717, 1.165) is 19.4 Å². The van der Waals surface area contributed by atoms with Crippen molar-refractivity contribution >= 4 is 11.4 Å². The Bertz CT molecular complexity index is 523. The second-order valence-electron chi connectivity index (χ2n) is 5.28. The molecule has 21 heavy (non-hydrogen) atoms. The van der Waals surface area contributed by atoms with Gasteiger partial charge in [0.25, 0.3) is 0 Å². The second-order valence-corrected chi connectivity index (χ2v) is 5.28. The monoisotopic (exact) mass is 290 g/mol. The van der Waals surface area contributed by atoms with Crippen LogP contribution in [0.2, 0.25) is 0 Å². The Labute approximate surface area is 125 Å². The van der Waals surface area contributed by atoms with Crippen LogP contribution in [-0.4, -0.2) is 36.0 Å². The topological polar surface area (TPSA) is 82.2 Å². The number of nitrogens with one attached hydrogen (secondary N) is 1. The minimum absolute atomic E-state index is 0.0875. The van der Waals surface area contributed by atoms with Crippen LogP contribution in [0.15, 0.2) is 18.2 Å². The van der Waals surface area contributed by atoms with Crippen LogP contribution >= 0.6 is 0 Å². The van der Waals surface area contributed by atoms with E-state index >= 15 is 0 Å². The first-order valence-corrected chi connectivity index (χ1v) is 7.09. The number of anilines is 1. The molecule has 1 N–H and O–H groups in total. The van der Waals surface area contributed by atoms with Crippen LogP contribution in [0.5, 0.6) is 0 Å². The second kappa shape index (κ2) is 8.22. The number of nitro groups is 1. The molecule has 0 radical (unpaired) electrons. The molecule has 6 nitrogen and oxygen atoms in total. The van der Waals surface area contributed by atoms with Crippen molar-refractivity contribution < 1.29 is 4.92 Å². The van der Waals surface area contributed by atoms with Crippen LogP contribution < -0.4 is 5.32 Å². The van der Waals surface area contributed by atoms with Gasteiger partial charge in [0.1, 0.15) is 17.3 Å². The molecule has 0 aliphatic carbocycles. The van der Waals surface area contributed by atoms with Gasteiger partial charge in [-0.05, 0) is 52.4 Å². The molecule has 0 aliphatic rings. The zero-order valence-electron chi connectivity index (χ0n) is 12.8. The molecule has 0 aromatic heterocycles. The SMILES string of the molecule is CC(C)N(C)CCCCNc1cccc(C#N)c1[N+](=O)[O-]. The number of hydrogen-bond acceptors (Lipinski definition) is 5. The summed E-state index contributed by atoms with van der Waals surface area (Å²) in [6.07, 6.45) is 1.94. The number of para-hydroxylation sites is 1. The highest BCUT2D eigenvalue weighted by atomic mass is 16.6. The largest absolute Gasteiger partial charge is 0.379 e. The summed E-state index contributed by atoms with van der Waals surface area (Å²) in [5.74, 6) is 0. The van der Waals surface area contributed by atoms with Crippen LogP contribution in [0.4, 0.5) is 11.4 Å². The molecule has 0 aliphatic heterocycles. The van der Waals surface area contributed by atoms with Crippen molar-refractivity contribution in [2.24, 2.45) is 0 Å². The maximum absolute atomic E-state index is 11.1. The maximum atomic E-state index is 11.1. The van der Waals surface area contributed by atoms with E-state index in [1.54, 1.807) is 12.1 Å². The van der Waals surface area contributed by atoms with Gasteiger partial charge in [-0.3, -0.25) is 10.1 Å². The molecule has 1 aromatic rings. The predicted octanol–water partition coefficient (Wildman–Crippen LogP) is 3.00. The van der Waals surface area contributed by atoms with Crippen LogP contribution in [0.25, 0.3) is 0 Å². The molecule has 0 atom stereocenters. The normalized spacial score (nSPS) is 10.7. The van der Waals surface area contributed by atoms with Gasteiger partial charge in [-0.25, -0.2) is 0 Å².